The number of methoxy groups -OCH3 is 1. The number of hydrogen-bond acceptors (Lipinski definition) is 4. The molecule has 3 atom stereocenters. The molecule has 1 saturated carbocycles. The van der Waals surface area contributed by atoms with Crippen molar-refractivity contribution in [3.8, 4) is 11.5 Å². The number of carbonyl (C=O) groups excluding carboxylic acids is 1. The number of benzene rings is 1. The molecule has 0 aromatic heterocycles. The van der Waals surface area contributed by atoms with Gasteiger partial charge >= 0.3 is 5.97 Å². The number of amides is 1. The van der Waals surface area contributed by atoms with Crippen LogP contribution in [0.4, 0.5) is 0 Å². The lowest BCUT2D eigenvalue weighted by Gasteiger charge is -2.27. The Morgan fingerprint density at radius 2 is 2.16 bits per heavy atom. The van der Waals surface area contributed by atoms with Gasteiger partial charge in [-0.15, -0.1) is 0 Å². The number of hydrogen-bond donors (Lipinski definition) is 1. The highest BCUT2D eigenvalue weighted by atomic mass is 16.5. The third kappa shape index (κ3) is 2.56. The molecule has 1 N–H and O–H groups in total. The van der Waals surface area contributed by atoms with Gasteiger partial charge in [0.1, 0.15) is 12.6 Å². The Kier molecular flexibility index (Phi) is 3.90. The fourth-order valence-corrected chi connectivity index (χ4v) is 4.48. The van der Waals surface area contributed by atoms with Crippen LogP contribution >= 0.6 is 0 Å². The molecule has 132 valence electrons. The van der Waals surface area contributed by atoms with Crippen LogP contribution in [0.15, 0.2) is 23.8 Å². The van der Waals surface area contributed by atoms with Gasteiger partial charge in [0.25, 0.3) is 5.91 Å². The van der Waals surface area contributed by atoms with Gasteiger partial charge in [0.05, 0.1) is 12.7 Å². The summed E-state index contributed by atoms with van der Waals surface area (Å²) < 4.78 is 11.0. The summed E-state index contributed by atoms with van der Waals surface area (Å²) in [6, 6.07) is 4.79. The van der Waals surface area contributed by atoms with Crippen molar-refractivity contribution in [3.05, 3.63) is 29.3 Å². The van der Waals surface area contributed by atoms with Gasteiger partial charge in [-0.1, -0.05) is 18.6 Å². The van der Waals surface area contributed by atoms with Gasteiger partial charge in [-0.25, -0.2) is 4.79 Å². The van der Waals surface area contributed by atoms with Crippen molar-refractivity contribution in [1.29, 1.82) is 0 Å². The number of aliphatic carboxylic acids is 1. The first kappa shape index (κ1) is 16.0. The van der Waals surface area contributed by atoms with E-state index in [-0.39, 0.29) is 18.4 Å². The highest BCUT2D eigenvalue weighted by Gasteiger charge is 2.50. The third-order valence-electron chi connectivity index (χ3n) is 5.61. The molecule has 1 amide bonds. The second-order valence-electron chi connectivity index (χ2n) is 6.93. The largest absolute Gasteiger partial charge is 0.493 e. The van der Waals surface area contributed by atoms with Gasteiger partial charge in [0.15, 0.2) is 11.5 Å². The number of carboxylic acids is 1. The van der Waals surface area contributed by atoms with Crippen molar-refractivity contribution < 1.29 is 24.2 Å². The van der Waals surface area contributed by atoms with Crippen LogP contribution in [0.25, 0.3) is 6.08 Å². The zero-order chi connectivity index (χ0) is 17.6. The fraction of sp³-hybridized carbons (Fsp3) is 0.474. The molecule has 25 heavy (non-hydrogen) atoms. The van der Waals surface area contributed by atoms with Gasteiger partial charge in [-0.3, -0.25) is 4.79 Å². The van der Waals surface area contributed by atoms with E-state index >= 15 is 0 Å². The Balaban J connectivity index is 1.63. The van der Waals surface area contributed by atoms with Crippen LogP contribution in [0.2, 0.25) is 0 Å². The lowest BCUT2D eigenvalue weighted by molar-refractivity contribution is -0.148. The molecule has 3 aliphatic rings. The molecular weight excluding hydrogens is 322 g/mol. The Morgan fingerprint density at radius 1 is 1.32 bits per heavy atom. The molecule has 2 aliphatic heterocycles. The molecular formula is C19H21NO5. The molecule has 2 heterocycles. The SMILES string of the molecule is COc1cccc2c1OCC(C(=O)N1CC3CCCC3C1C(=O)O)=C2. The summed E-state index contributed by atoms with van der Waals surface area (Å²) in [5, 5.41) is 9.64. The number of nitrogens with zero attached hydrogens (tertiary/aromatic N) is 1. The second-order valence-corrected chi connectivity index (χ2v) is 6.93. The van der Waals surface area contributed by atoms with Crippen LogP contribution in [0.3, 0.4) is 0 Å². The first-order valence-corrected chi connectivity index (χ1v) is 8.64. The average Bonchev–Trinajstić information content (AvgIpc) is 3.20. The number of carbonyl (C=O) groups is 2. The summed E-state index contributed by atoms with van der Waals surface area (Å²) in [4.78, 5) is 26.3. The van der Waals surface area contributed by atoms with Gasteiger partial charge in [0.2, 0.25) is 0 Å². The Bertz CT molecular complexity index is 756. The zero-order valence-electron chi connectivity index (χ0n) is 14.1. The highest BCUT2D eigenvalue weighted by Crippen LogP contribution is 2.43. The normalized spacial score (nSPS) is 27.2. The summed E-state index contributed by atoms with van der Waals surface area (Å²) in [5.74, 6) is 0.507. The quantitative estimate of drug-likeness (QED) is 0.910. The van der Waals surface area contributed by atoms with Crippen LogP contribution in [-0.4, -0.2) is 48.2 Å². The minimum atomic E-state index is -0.901. The number of ether oxygens (including phenoxy) is 2. The van der Waals surface area contributed by atoms with Crippen LogP contribution in [-0.2, 0) is 9.59 Å². The number of fused-ring (bicyclic) bond motifs is 2. The fourth-order valence-electron chi connectivity index (χ4n) is 4.48. The first-order chi connectivity index (χ1) is 12.1. The molecule has 6 nitrogen and oxygen atoms in total. The molecule has 0 radical (unpaired) electrons. The minimum absolute atomic E-state index is 0.0824. The van der Waals surface area contributed by atoms with Crippen molar-refractivity contribution >= 4 is 18.0 Å². The van der Waals surface area contributed by atoms with E-state index in [9.17, 15) is 14.7 Å². The molecule has 1 saturated heterocycles. The van der Waals surface area contributed by atoms with E-state index in [0.29, 0.717) is 29.5 Å². The van der Waals surface area contributed by atoms with E-state index in [2.05, 4.69) is 0 Å². The number of para-hydroxylation sites is 1. The maximum Gasteiger partial charge on any atom is 0.326 e. The molecule has 1 aromatic carbocycles. The maximum atomic E-state index is 13.0. The lowest BCUT2D eigenvalue weighted by Crippen LogP contribution is -2.44. The molecule has 3 unspecified atom stereocenters. The van der Waals surface area contributed by atoms with E-state index in [1.807, 2.05) is 18.2 Å². The predicted octanol–water partition coefficient (Wildman–Crippen LogP) is 2.18. The first-order valence-electron chi connectivity index (χ1n) is 8.64. The Morgan fingerprint density at radius 3 is 2.92 bits per heavy atom. The lowest BCUT2D eigenvalue weighted by atomic mass is 9.94. The summed E-state index contributed by atoms with van der Waals surface area (Å²) in [6.07, 6.45) is 4.74. The highest BCUT2D eigenvalue weighted by molar-refractivity contribution is 6.01. The molecule has 2 fully saturated rings. The van der Waals surface area contributed by atoms with E-state index in [4.69, 9.17) is 9.47 Å². The van der Waals surface area contributed by atoms with E-state index in [0.717, 1.165) is 24.8 Å². The van der Waals surface area contributed by atoms with Gasteiger partial charge < -0.3 is 19.5 Å². The van der Waals surface area contributed by atoms with Gasteiger partial charge in [-0.05, 0) is 36.8 Å². The third-order valence-corrected chi connectivity index (χ3v) is 5.61. The standard InChI is InChI=1S/C19H21NO5/c1-24-15-7-3-4-11-8-13(10-25-17(11)15)18(21)20-9-12-5-2-6-14(12)16(20)19(22)23/h3-4,7-8,12,14,16H,2,5-6,9-10H2,1H3,(H,22,23). The monoisotopic (exact) mass is 343 g/mol. The molecule has 6 heteroatoms. The summed E-state index contributed by atoms with van der Waals surface area (Å²) >= 11 is 0. The van der Waals surface area contributed by atoms with Crippen molar-refractivity contribution in [2.24, 2.45) is 11.8 Å². The summed E-state index contributed by atoms with van der Waals surface area (Å²) in [6.45, 7) is 0.660. The van der Waals surface area contributed by atoms with Crippen molar-refractivity contribution in [2.45, 2.75) is 25.3 Å². The number of likely N-dealkylation sites (tertiary alicyclic amines) is 1. The number of carboxylic acid groups (broad SMARTS) is 1. The molecule has 1 aliphatic carbocycles. The van der Waals surface area contributed by atoms with Crippen LogP contribution in [0.1, 0.15) is 24.8 Å². The van der Waals surface area contributed by atoms with Crippen molar-refractivity contribution in [3.63, 3.8) is 0 Å². The van der Waals surface area contributed by atoms with Crippen LogP contribution < -0.4 is 9.47 Å². The molecule has 0 spiro atoms. The summed E-state index contributed by atoms with van der Waals surface area (Å²) in [7, 11) is 1.57. The Hall–Kier alpha value is -2.50. The van der Waals surface area contributed by atoms with Crippen LogP contribution in [0, 0.1) is 11.8 Å². The predicted molar refractivity (Wildman–Crippen MR) is 90.4 cm³/mol. The molecule has 1 aromatic rings. The average molecular weight is 343 g/mol. The smallest absolute Gasteiger partial charge is 0.326 e. The number of rotatable bonds is 3. The van der Waals surface area contributed by atoms with E-state index < -0.39 is 12.0 Å². The molecule has 4 rings (SSSR count). The van der Waals surface area contributed by atoms with Gasteiger partial charge in [-0.2, -0.15) is 0 Å². The zero-order valence-corrected chi connectivity index (χ0v) is 14.1. The van der Waals surface area contributed by atoms with Gasteiger partial charge in [0, 0.05) is 12.1 Å². The van der Waals surface area contributed by atoms with Crippen LogP contribution in [0.5, 0.6) is 11.5 Å². The van der Waals surface area contributed by atoms with Crippen molar-refractivity contribution in [1.82, 2.24) is 4.90 Å². The van der Waals surface area contributed by atoms with E-state index in [1.54, 1.807) is 13.2 Å². The maximum absolute atomic E-state index is 13.0. The second kappa shape index (κ2) is 6.10. The Labute approximate surface area is 146 Å². The van der Waals surface area contributed by atoms with Crippen molar-refractivity contribution in [2.75, 3.05) is 20.3 Å². The van der Waals surface area contributed by atoms with E-state index in [1.165, 1.54) is 4.90 Å². The minimum Gasteiger partial charge on any atom is -0.493 e. The molecule has 0 bridgehead atoms. The summed E-state index contributed by atoms with van der Waals surface area (Å²) in [5.41, 5.74) is 1.27. The topological polar surface area (TPSA) is 76.1 Å².